The first-order valence-electron chi connectivity index (χ1n) is 16.3. The summed E-state index contributed by atoms with van der Waals surface area (Å²) in [6.45, 7) is 8.11. The van der Waals surface area contributed by atoms with Crippen LogP contribution in [0.3, 0.4) is 0 Å². The van der Waals surface area contributed by atoms with Gasteiger partial charge in [0.25, 0.3) is 0 Å². The van der Waals surface area contributed by atoms with Gasteiger partial charge in [-0.05, 0) is 83.4 Å². The number of hydrogen-bond donors (Lipinski definition) is 0. The Labute approximate surface area is 288 Å². The molecule has 0 bridgehead atoms. The minimum Gasteiger partial charge on any atom is -0.309 e. The van der Waals surface area contributed by atoms with Gasteiger partial charge in [-0.1, -0.05) is 84.9 Å². The van der Waals surface area contributed by atoms with Gasteiger partial charge in [0, 0.05) is 32.8 Å². The predicted molar refractivity (Wildman–Crippen MR) is 202 cm³/mol. The van der Waals surface area contributed by atoms with Gasteiger partial charge in [0.05, 0.1) is 57.6 Å². The van der Waals surface area contributed by atoms with E-state index in [0.717, 1.165) is 66.1 Å². The van der Waals surface area contributed by atoms with Gasteiger partial charge in [0.15, 0.2) is 5.69 Å². The van der Waals surface area contributed by atoms with Crippen molar-refractivity contribution < 1.29 is 0 Å². The molecule has 7 aromatic carbocycles. The Bertz CT molecular complexity index is 2920. The molecule has 5 heteroatoms. The largest absolute Gasteiger partial charge is 0.309 e. The fourth-order valence-electron chi connectivity index (χ4n) is 7.42. The van der Waals surface area contributed by atoms with Gasteiger partial charge in [0.2, 0.25) is 0 Å². The second-order valence-corrected chi connectivity index (χ2v) is 12.3. The monoisotopic (exact) mass is 635 g/mol. The number of nitrogens with zero attached hydrogens (tertiary/aromatic N) is 5. The molecule has 5 nitrogen and oxygen atoms in total. The summed E-state index contributed by atoms with van der Waals surface area (Å²) in [7, 11) is 0. The Kier molecular flexibility index (Phi) is 6.56. The molecule has 9 aromatic rings. The lowest BCUT2D eigenvalue weighted by Crippen LogP contribution is -1.98. The Morgan fingerprint density at radius 2 is 1.10 bits per heavy atom. The number of para-hydroxylation sites is 4. The van der Waals surface area contributed by atoms with Gasteiger partial charge in [-0.25, -0.2) is 4.85 Å². The highest BCUT2D eigenvalue weighted by molar-refractivity contribution is 6.11. The van der Waals surface area contributed by atoms with Gasteiger partial charge in [-0.3, -0.25) is 0 Å². The van der Waals surface area contributed by atoms with E-state index < -0.39 is 0 Å². The van der Waals surface area contributed by atoms with Crippen molar-refractivity contribution in [3.8, 4) is 45.8 Å². The fourth-order valence-corrected chi connectivity index (χ4v) is 7.42. The summed E-state index contributed by atoms with van der Waals surface area (Å²) in [6, 6.07) is 55.4. The van der Waals surface area contributed by atoms with Crippen LogP contribution in [0.4, 0.5) is 5.69 Å². The molecular formula is C45H25N5. The molecule has 0 aliphatic heterocycles. The van der Waals surface area contributed by atoms with E-state index in [9.17, 15) is 10.5 Å². The smallest absolute Gasteiger partial charge is 0.195 e. The van der Waals surface area contributed by atoms with Crippen LogP contribution < -0.4 is 0 Å². The maximum Gasteiger partial charge on any atom is 0.195 e. The lowest BCUT2D eigenvalue weighted by molar-refractivity contribution is 1.18. The first-order chi connectivity index (χ1) is 24.7. The summed E-state index contributed by atoms with van der Waals surface area (Å²) in [5, 5.41) is 24.4. The van der Waals surface area contributed by atoms with Crippen molar-refractivity contribution in [1.82, 2.24) is 9.13 Å². The molecule has 50 heavy (non-hydrogen) atoms. The minimum atomic E-state index is 0.479. The van der Waals surface area contributed by atoms with Crippen LogP contribution in [0.2, 0.25) is 0 Å². The van der Waals surface area contributed by atoms with Gasteiger partial charge < -0.3 is 9.13 Å². The zero-order valence-electron chi connectivity index (χ0n) is 26.7. The lowest BCUT2D eigenvalue weighted by atomic mass is 9.93. The molecule has 0 atom stereocenters. The third kappa shape index (κ3) is 4.31. The summed E-state index contributed by atoms with van der Waals surface area (Å²) in [5.41, 5.74) is 11.0. The second-order valence-electron chi connectivity index (χ2n) is 12.3. The molecule has 2 heterocycles. The van der Waals surface area contributed by atoms with Crippen molar-refractivity contribution in [3.63, 3.8) is 0 Å². The Morgan fingerprint density at radius 3 is 1.78 bits per heavy atom. The second kappa shape index (κ2) is 11.4. The molecule has 0 N–H and O–H groups in total. The van der Waals surface area contributed by atoms with Crippen LogP contribution in [0.25, 0.3) is 82.1 Å². The Hall–Kier alpha value is -7.39. The number of benzene rings is 7. The first kappa shape index (κ1) is 28.8. The summed E-state index contributed by atoms with van der Waals surface area (Å²) in [6.07, 6.45) is 0. The molecule has 0 spiro atoms. The van der Waals surface area contributed by atoms with Crippen molar-refractivity contribution in [2.75, 3.05) is 0 Å². The van der Waals surface area contributed by atoms with Crippen LogP contribution in [-0.4, -0.2) is 9.13 Å². The van der Waals surface area contributed by atoms with E-state index in [-0.39, 0.29) is 0 Å². The maximum atomic E-state index is 10.4. The fraction of sp³-hybridized carbons (Fsp3) is 0. The average Bonchev–Trinajstić information content (AvgIpc) is 3.70. The summed E-state index contributed by atoms with van der Waals surface area (Å²) in [5.74, 6) is 0. The molecule has 0 aliphatic carbocycles. The SMILES string of the molecule is [C-]#[N+]c1ccc(-n2c3ccccc3c3ccccc32)cc1-c1cc(-c2ccccc2-n2c3ccccc3c3cc(C#N)ccc32)ccc1C#N. The third-order valence-corrected chi connectivity index (χ3v) is 9.63. The number of fused-ring (bicyclic) bond motifs is 6. The number of rotatable bonds is 4. The molecule has 0 fully saturated rings. The molecule has 0 saturated heterocycles. The highest BCUT2D eigenvalue weighted by Crippen LogP contribution is 2.41. The van der Waals surface area contributed by atoms with Crippen LogP contribution in [0.5, 0.6) is 0 Å². The maximum absolute atomic E-state index is 10.4. The van der Waals surface area contributed by atoms with E-state index in [1.165, 1.54) is 0 Å². The third-order valence-electron chi connectivity index (χ3n) is 9.63. The van der Waals surface area contributed by atoms with E-state index >= 15 is 0 Å². The van der Waals surface area contributed by atoms with Gasteiger partial charge in [0.1, 0.15) is 0 Å². The van der Waals surface area contributed by atoms with Crippen molar-refractivity contribution in [3.05, 3.63) is 174 Å². The van der Waals surface area contributed by atoms with Crippen molar-refractivity contribution in [2.24, 2.45) is 0 Å². The zero-order valence-corrected chi connectivity index (χ0v) is 26.7. The highest BCUT2D eigenvalue weighted by Gasteiger charge is 2.19. The molecular weight excluding hydrogens is 611 g/mol. The zero-order chi connectivity index (χ0) is 33.8. The van der Waals surface area contributed by atoms with E-state index in [1.807, 2.05) is 91.0 Å². The van der Waals surface area contributed by atoms with Gasteiger partial charge in [-0.2, -0.15) is 10.5 Å². The predicted octanol–water partition coefficient (Wildman–Crippen LogP) is 11.5. The topological polar surface area (TPSA) is 61.8 Å². The molecule has 9 rings (SSSR count). The quantitative estimate of drug-likeness (QED) is 0.181. The van der Waals surface area contributed by atoms with Crippen molar-refractivity contribution in [2.45, 2.75) is 0 Å². The van der Waals surface area contributed by atoms with Gasteiger partial charge in [-0.15, -0.1) is 0 Å². The molecule has 0 radical (unpaired) electrons. The lowest BCUT2D eigenvalue weighted by Gasteiger charge is -2.16. The van der Waals surface area contributed by atoms with Crippen LogP contribution in [0.15, 0.2) is 152 Å². The van der Waals surface area contributed by atoms with Crippen LogP contribution in [0, 0.1) is 29.2 Å². The van der Waals surface area contributed by atoms with Crippen LogP contribution in [0.1, 0.15) is 11.1 Å². The summed E-state index contributed by atoms with van der Waals surface area (Å²) in [4.78, 5) is 3.92. The van der Waals surface area contributed by atoms with E-state index in [4.69, 9.17) is 6.57 Å². The molecule has 0 saturated carbocycles. The van der Waals surface area contributed by atoms with Crippen LogP contribution >= 0.6 is 0 Å². The summed E-state index contributed by atoms with van der Waals surface area (Å²) < 4.78 is 4.47. The van der Waals surface area contributed by atoms with E-state index in [1.54, 1.807) is 0 Å². The number of hydrogen-bond acceptors (Lipinski definition) is 2. The minimum absolute atomic E-state index is 0.479. The number of aromatic nitrogens is 2. The molecule has 0 aliphatic rings. The van der Waals surface area contributed by atoms with E-state index in [0.29, 0.717) is 27.9 Å². The first-order valence-corrected chi connectivity index (χ1v) is 16.3. The Morgan fingerprint density at radius 1 is 0.480 bits per heavy atom. The molecule has 2 aromatic heterocycles. The normalized spacial score (nSPS) is 11.1. The van der Waals surface area contributed by atoms with Crippen LogP contribution in [-0.2, 0) is 0 Å². The van der Waals surface area contributed by atoms with Crippen molar-refractivity contribution >= 4 is 49.3 Å². The Balaban J connectivity index is 1.27. The summed E-state index contributed by atoms with van der Waals surface area (Å²) >= 11 is 0. The van der Waals surface area contributed by atoms with Gasteiger partial charge >= 0.3 is 0 Å². The molecule has 0 amide bonds. The standard InChI is InChI=1S/C45H25N5/c1-48-40-22-21-32(49-42-15-7-3-11-34(42)35-12-4-8-16-43(35)49)26-38(40)37-25-30(19-20-31(37)28-47)33-10-2-6-14-41(33)50-44-17-9-5-13-36(44)39-24-29(27-46)18-23-45(39)50/h2-26H. The highest BCUT2D eigenvalue weighted by atomic mass is 15.0. The van der Waals surface area contributed by atoms with Crippen molar-refractivity contribution in [1.29, 1.82) is 10.5 Å². The van der Waals surface area contributed by atoms with E-state index in [2.05, 4.69) is 86.8 Å². The number of nitriles is 2. The average molecular weight is 636 g/mol. The molecule has 230 valence electrons. The molecule has 0 unspecified atom stereocenters.